The highest BCUT2D eigenvalue weighted by atomic mass is 35.5. The Labute approximate surface area is 101 Å². The van der Waals surface area contributed by atoms with Gasteiger partial charge < -0.3 is 10.1 Å². The summed E-state index contributed by atoms with van der Waals surface area (Å²) in [4.78, 5) is 0. The number of rotatable bonds is 4. The van der Waals surface area contributed by atoms with Crippen LogP contribution in [0.5, 0.6) is 5.75 Å². The molecule has 0 heterocycles. The summed E-state index contributed by atoms with van der Waals surface area (Å²) in [6.45, 7) is 0.857. The Hall–Kier alpha value is -0.990. The van der Waals surface area contributed by atoms with E-state index in [1.54, 1.807) is 7.11 Å². The third-order valence-corrected chi connectivity index (χ3v) is 3.11. The maximum Gasteiger partial charge on any atom is 0.137 e. The summed E-state index contributed by atoms with van der Waals surface area (Å²) in [7, 11) is 1.63. The van der Waals surface area contributed by atoms with Crippen LogP contribution in [0, 0.1) is 0 Å². The Morgan fingerprint density at radius 3 is 2.75 bits per heavy atom. The first-order valence-corrected chi connectivity index (χ1v) is 5.88. The summed E-state index contributed by atoms with van der Waals surface area (Å²) in [5.41, 5.74) is 1.19. The lowest BCUT2D eigenvalue weighted by molar-refractivity contribution is 0.414. The lowest BCUT2D eigenvalue weighted by Crippen LogP contribution is -2.25. The van der Waals surface area contributed by atoms with Gasteiger partial charge in [-0.25, -0.2) is 0 Å². The molecule has 86 valence electrons. The molecule has 16 heavy (non-hydrogen) atoms. The van der Waals surface area contributed by atoms with Crippen molar-refractivity contribution in [3.63, 3.8) is 0 Å². The molecule has 3 heteroatoms. The van der Waals surface area contributed by atoms with Gasteiger partial charge in [0.1, 0.15) is 5.75 Å². The fourth-order valence-electron chi connectivity index (χ4n) is 1.87. The first-order valence-electron chi connectivity index (χ1n) is 5.50. The van der Waals surface area contributed by atoms with Crippen molar-refractivity contribution in [2.45, 2.75) is 25.4 Å². The van der Waals surface area contributed by atoms with Gasteiger partial charge in [-0.2, -0.15) is 0 Å². The molecule has 0 saturated carbocycles. The fraction of sp³-hybridized carbons (Fsp3) is 0.385. The number of nitrogens with one attached hydrogen (secondary N) is 1. The van der Waals surface area contributed by atoms with Gasteiger partial charge >= 0.3 is 0 Å². The summed E-state index contributed by atoms with van der Waals surface area (Å²) >= 11 is 6.06. The molecule has 0 aliphatic heterocycles. The normalized spacial score (nSPS) is 15.6. The van der Waals surface area contributed by atoms with E-state index in [0.29, 0.717) is 11.1 Å². The molecule has 0 unspecified atom stereocenters. The Kier molecular flexibility index (Phi) is 3.86. The lowest BCUT2D eigenvalue weighted by atomic mass is 10.2. The SMILES string of the molecule is COc1ccc(CNC2CC=CC2)cc1Cl. The third-order valence-electron chi connectivity index (χ3n) is 2.82. The van der Waals surface area contributed by atoms with Crippen LogP contribution in [0.1, 0.15) is 18.4 Å². The van der Waals surface area contributed by atoms with E-state index < -0.39 is 0 Å². The summed E-state index contributed by atoms with van der Waals surface area (Å²) in [5, 5.41) is 4.17. The molecule has 1 aliphatic carbocycles. The third kappa shape index (κ3) is 2.77. The second-order valence-corrected chi connectivity index (χ2v) is 4.40. The van der Waals surface area contributed by atoms with Gasteiger partial charge in [-0.05, 0) is 30.5 Å². The van der Waals surface area contributed by atoms with Gasteiger partial charge in [0, 0.05) is 12.6 Å². The number of halogens is 1. The maximum absolute atomic E-state index is 6.06. The summed E-state index contributed by atoms with van der Waals surface area (Å²) < 4.78 is 5.12. The number of hydrogen-bond donors (Lipinski definition) is 1. The first kappa shape index (κ1) is 11.5. The molecule has 2 nitrogen and oxygen atoms in total. The minimum absolute atomic E-state index is 0.584. The van der Waals surface area contributed by atoms with Crippen LogP contribution in [0.25, 0.3) is 0 Å². The molecular formula is C13H16ClNO. The van der Waals surface area contributed by atoms with Crippen molar-refractivity contribution in [3.05, 3.63) is 40.9 Å². The van der Waals surface area contributed by atoms with Gasteiger partial charge in [0.05, 0.1) is 12.1 Å². The van der Waals surface area contributed by atoms with E-state index >= 15 is 0 Å². The summed E-state index contributed by atoms with van der Waals surface area (Å²) in [6.07, 6.45) is 6.70. The molecule has 0 amide bonds. The molecule has 0 spiro atoms. The van der Waals surface area contributed by atoms with Crippen LogP contribution in [0.2, 0.25) is 5.02 Å². The van der Waals surface area contributed by atoms with Crippen molar-refractivity contribution in [1.82, 2.24) is 5.32 Å². The van der Waals surface area contributed by atoms with Gasteiger partial charge in [0.25, 0.3) is 0 Å². The standard InChI is InChI=1S/C13H16ClNO/c1-16-13-7-6-10(8-12(13)14)9-15-11-4-2-3-5-11/h2-3,6-8,11,15H,4-5,9H2,1H3. The quantitative estimate of drug-likeness (QED) is 0.813. The highest BCUT2D eigenvalue weighted by Crippen LogP contribution is 2.25. The van der Waals surface area contributed by atoms with E-state index in [2.05, 4.69) is 17.5 Å². The zero-order chi connectivity index (χ0) is 11.4. The van der Waals surface area contributed by atoms with Crippen molar-refractivity contribution < 1.29 is 4.74 Å². The topological polar surface area (TPSA) is 21.3 Å². The van der Waals surface area contributed by atoms with Gasteiger partial charge in [-0.1, -0.05) is 29.8 Å². The Morgan fingerprint density at radius 1 is 1.38 bits per heavy atom. The number of ether oxygens (including phenoxy) is 1. The van der Waals surface area contributed by atoms with E-state index in [0.717, 1.165) is 25.1 Å². The molecule has 0 aromatic heterocycles. The van der Waals surface area contributed by atoms with Crippen LogP contribution in [0.15, 0.2) is 30.4 Å². The average molecular weight is 238 g/mol. The van der Waals surface area contributed by atoms with Crippen molar-refractivity contribution in [2.24, 2.45) is 0 Å². The monoisotopic (exact) mass is 237 g/mol. The number of methoxy groups -OCH3 is 1. The molecule has 1 aromatic carbocycles. The van der Waals surface area contributed by atoms with Gasteiger partial charge in [-0.15, -0.1) is 0 Å². The zero-order valence-corrected chi connectivity index (χ0v) is 10.1. The molecule has 0 saturated heterocycles. The second-order valence-electron chi connectivity index (χ2n) is 3.99. The molecule has 1 aliphatic rings. The summed E-state index contributed by atoms with van der Waals surface area (Å²) in [6, 6.07) is 6.49. The Bertz CT molecular complexity index is 382. The van der Waals surface area contributed by atoms with E-state index in [4.69, 9.17) is 16.3 Å². The van der Waals surface area contributed by atoms with E-state index in [1.165, 1.54) is 5.56 Å². The highest BCUT2D eigenvalue weighted by molar-refractivity contribution is 6.32. The lowest BCUT2D eigenvalue weighted by Gasteiger charge is -2.12. The molecule has 0 fully saturated rings. The minimum Gasteiger partial charge on any atom is -0.495 e. The molecule has 0 radical (unpaired) electrons. The van der Waals surface area contributed by atoms with Crippen LogP contribution < -0.4 is 10.1 Å². The Balaban J connectivity index is 1.91. The van der Waals surface area contributed by atoms with Crippen LogP contribution in [0.4, 0.5) is 0 Å². The fourth-order valence-corrected chi connectivity index (χ4v) is 2.15. The number of hydrogen-bond acceptors (Lipinski definition) is 2. The predicted molar refractivity (Wildman–Crippen MR) is 67.0 cm³/mol. The number of benzene rings is 1. The van der Waals surface area contributed by atoms with Crippen molar-refractivity contribution in [2.75, 3.05) is 7.11 Å². The van der Waals surface area contributed by atoms with Crippen LogP contribution >= 0.6 is 11.6 Å². The van der Waals surface area contributed by atoms with Crippen molar-refractivity contribution in [1.29, 1.82) is 0 Å². The van der Waals surface area contributed by atoms with Gasteiger partial charge in [-0.3, -0.25) is 0 Å². The molecule has 2 rings (SSSR count). The smallest absolute Gasteiger partial charge is 0.137 e. The van der Waals surface area contributed by atoms with E-state index in [-0.39, 0.29) is 0 Å². The highest BCUT2D eigenvalue weighted by Gasteiger charge is 2.09. The zero-order valence-electron chi connectivity index (χ0n) is 9.37. The average Bonchev–Trinajstić information content (AvgIpc) is 2.79. The molecular weight excluding hydrogens is 222 g/mol. The first-order chi connectivity index (χ1) is 7.79. The molecule has 1 aromatic rings. The summed E-state index contributed by atoms with van der Waals surface area (Å²) in [5.74, 6) is 0.730. The largest absolute Gasteiger partial charge is 0.495 e. The van der Waals surface area contributed by atoms with Crippen molar-refractivity contribution in [3.8, 4) is 5.75 Å². The van der Waals surface area contributed by atoms with Crippen LogP contribution in [-0.4, -0.2) is 13.2 Å². The van der Waals surface area contributed by atoms with Gasteiger partial charge in [0.15, 0.2) is 0 Å². The van der Waals surface area contributed by atoms with Crippen molar-refractivity contribution >= 4 is 11.6 Å². The minimum atomic E-state index is 0.584. The molecule has 1 N–H and O–H groups in total. The van der Waals surface area contributed by atoms with Crippen LogP contribution in [0.3, 0.4) is 0 Å². The predicted octanol–water partition coefficient (Wildman–Crippen LogP) is 3.16. The van der Waals surface area contributed by atoms with Crippen LogP contribution in [-0.2, 0) is 6.54 Å². The molecule has 0 atom stereocenters. The maximum atomic E-state index is 6.06. The van der Waals surface area contributed by atoms with E-state index in [1.807, 2.05) is 18.2 Å². The van der Waals surface area contributed by atoms with Gasteiger partial charge in [0.2, 0.25) is 0 Å². The van der Waals surface area contributed by atoms with E-state index in [9.17, 15) is 0 Å². The second kappa shape index (κ2) is 5.37. The molecule has 0 bridgehead atoms. The Morgan fingerprint density at radius 2 is 2.12 bits per heavy atom.